The Labute approximate surface area is 308 Å². The molecule has 0 bridgehead atoms. The predicted molar refractivity (Wildman–Crippen MR) is 223 cm³/mol. The highest BCUT2D eigenvalue weighted by Crippen LogP contribution is 2.42. The molecule has 0 aliphatic heterocycles. The van der Waals surface area contributed by atoms with Gasteiger partial charge in [0.1, 0.15) is 11.6 Å². The van der Waals surface area contributed by atoms with Crippen molar-refractivity contribution in [3.8, 4) is 23.1 Å². The molecule has 4 nitrogen and oxygen atoms in total. The number of aromatic nitrogens is 3. The summed E-state index contributed by atoms with van der Waals surface area (Å²) in [5.41, 5.74) is 17.2. The van der Waals surface area contributed by atoms with Gasteiger partial charge in [-0.3, -0.25) is 0 Å². The summed E-state index contributed by atoms with van der Waals surface area (Å²) in [6.07, 6.45) is 0. The molecule has 7 aromatic carbocycles. The molecule has 4 heteroatoms. The summed E-state index contributed by atoms with van der Waals surface area (Å²) >= 11 is 0. The van der Waals surface area contributed by atoms with E-state index in [1.807, 2.05) is 0 Å². The normalized spacial score (nSPS) is 11.9. The number of rotatable bonds is 3. The lowest BCUT2D eigenvalue weighted by atomic mass is 10.1. The van der Waals surface area contributed by atoms with Gasteiger partial charge in [0, 0.05) is 32.3 Å². The first kappa shape index (κ1) is 31.2. The quantitative estimate of drug-likeness (QED) is 0.183. The lowest BCUT2D eigenvalue weighted by Gasteiger charge is -2.19. The van der Waals surface area contributed by atoms with E-state index < -0.39 is 0 Å². The van der Waals surface area contributed by atoms with Crippen molar-refractivity contribution in [2.24, 2.45) is 0 Å². The van der Waals surface area contributed by atoms with Gasteiger partial charge in [0.15, 0.2) is 0 Å². The maximum Gasteiger partial charge on any atom is 0.104 e. The van der Waals surface area contributed by atoms with Crippen molar-refractivity contribution in [2.75, 3.05) is 0 Å². The molecule has 3 heterocycles. The third-order valence-electron chi connectivity index (χ3n) is 11.2. The van der Waals surface area contributed by atoms with Crippen LogP contribution in [0.4, 0.5) is 0 Å². The van der Waals surface area contributed by atoms with E-state index in [9.17, 15) is 5.26 Å². The molecule has 0 atom stereocenters. The Morgan fingerprint density at radius 2 is 0.585 bits per heavy atom. The fourth-order valence-electron chi connectivity index (χ4n) is 8.74. The molecular weight excluding hydrogens is 645 g/mol. The van der Waals surface area contributed by atoms with Crippen LogP contribution in [0, 0.1) is 52.9 Å². The molecule has 0 N–H and O–H groups in total. The highest BCUT2D eigenvalue weighted by molar-refractivity contribution is 6.13. The molecule has 10 rings (SSSR count). The second kappa shape index (κ2) is 11.2. The Hall–Kier alpha value is -6.57. The Morgan fingerprint density at radius 1 is 0.340 bits per heavy atom. The zero-order valence-electron chi connectivity index (χ0n) is 30.8. The van der Waals surface area contributed by atoms with Crippen LogP contribution in [0.1, 0.15) is 38.9 Å². The number of nitrogens with zero attached hydrogens (tertiary/aromatic N) is 4. The van der Waals surface area contributed by atoms with Crippen LogP contribution < -0.4 is 0 Å². The summed E-state index contributed by atoms with van der Waals surface area (Å²) in [4.78, 5) is 0. The van der Waals surface area contributed by atoms with Gasteiger partial charge >= 0.3 is 0 Å². The largest absolute Gasteiger partial charge is 0.309 e. The molecule has 0 spiro atoms. The van der Waals surface area contributed by atoms with E-state index >= 15 is 0 Å². The van der Waals surface area contributed by atoms with Crippen LogP contribution in [0.25, 0.3) is 82.5 Å². The van der Waals surface area contributed by atoms with Crippen LogP contribution >= 0.6 is 0 Å². The van der Waals surface area contributed by atoms with E-state index in [2.05, 4.69) is 183 Å². The number of fused-ring (bicyclic) bond motifs is 9. The molecule has 0 aliphatic rings. The van der Waals surface area contributed by atoms with E-state index in [0.29, 0.717) is 5.56 Å². The van der Waals surface area contributed by atoms with Crippen molar-refractivity contribution < 1.29 is 0 Å². The van der Waals surface area contributed by atoms with Crippen LogP contribution in [0.5, 0.6) is 0 Å². The van der Waals surface area contributed by atoms with Crippen molar-refractivity contribution in [1.82, 2.24) is 13.7 Å². The topological polar surface area (TPSA) is 38.6 Å². The Morgan fingerprint density at radius 3 is 0.830 bits per heavy atom. The van der Waals surface area contributed by atoms with Gasteiger partial charge < -0.3 is 13.7 Å². The van der Waals surface area contributed by atoms with E-state index in [1.165, 1.54) is 65.7 Å². The van der Waals surface area contributed by atoms with Crippen LogP contribution in [0.3, 0.4) is 0 Å². The summed E-state index contributed by atoms with van der Waals surface area (Å²) in [6, 6.07) is 47.4. The molecule has 0 radical (unpaired) electrons. The summed E-state index contributed by atoms with van der Waals surface area (Å²) in [5, 5.41) is 18.6. The van der Waals surface area contributed by atoms with Gasteiger partial charge in [-0.1, -0.05) is 69.8 Å². The zero-order valence-corrected chi connectivity index (χ0v) is 30.8. The maximum absolute atomic E-state index is 11.4. The third kappa shape index (κ3) is 4.54. The molecule has 0 unspecified atom stereocenters. The standard InChI is InChI=1S/C49H38N4/c1-28-7-13-42-35(19-28)36-20-29(2)8-14-43(36)51(42)34-25-48(52-44-15-9-30(3)21-37(44)38-22-31(4)10-16-45(38)52)41(27-50)49(26-34)53-46-17-11-32(5)23-39(46)40-24-33(6)12-18-47(40)53/h7-26H,1-6H3. The van der Waals surface area contributed by atoms with E-state index in [0.717, 1.165) is 50.2 Å². The van der Waals surface area contributed by atoms with Gasteiger partial charge in [0.25, 0.3) is 0 Å². The number of nitriles is 1. The van der Waals surface area contributed by atoms with Gasteiger partial charge in [-0.2, -0.15) is 5.26 Å². The van der Waals surface area contributed by atoms with Crippen molar-refractivity contribution in [3.63, 3.8) is 0 Å². The highest BCUT2D eigenvalue weighted by Gasteiger charge is 2.24. The number of aryl methyl sites for hydroxylation is 6. The zero-order chi connectivity index (χ0) is 36.3. The van der Waals surface area contributed by atoms with Gasteiger partial charge in [-0.05, 0) is 126 Å². The minimum Gasteiger partial charge on any atom is -0.309 e. The van der Waals surface area contributed by atoms with Gasteiger partial charge in [0.2, 0.25) is 0 Å². The molecule has 254 valence electrons. The SMILES string of the molecule is Cc1ccc2c(c1)c1cc(C)ccc1n2-c1cc(-n2c3ccc(C)cc3c3cc(C)ccc32)c(C#N)c(-n2c3ccc(C)cc3c3cc(C)ccc32)c1. The smallest absolute Gasteiger partial charge is 0.104 e. The second-order valence-corrected chi connectivity index (χ2v) is 15.1. The second-order valence-electron chi connectivity index (χ2n) is 15.1. The van der Waals surface area contributed by atoms with E-state index in [1.54, 1.807) is 0 Å². The van der Waals surface area contributed by atoms with Crippen LogP contribution in [-0.4, -0.2) is 13.7 Å². The lowest BCUT2D eigenvalue weighted by Crippen LogP contribution is -2.07. The van der Waals surface area contributed by atoms with Gasteiger partial charge in [0.05, 0.1) is 50.2 Å². The van der Waals surface area contributed by atoms with Gasteiger partial charge in [-0.15, -0.1) is 0 Å². The summed E-state index contributed by atoms with van der Waals surface area (Å²) in [5.74, 6) is 0. The van der Waals surface area contributed by atoms with Crippen molar-refractivity contribution in [2.45, 2.75) is 41.5 Å². The van der Waals surface area contributed by atoms with E-state index in [4.69, 9.17) is 0 Å². The molecule has 53 heavy (non-hydrogen) atoms. The summed E-state index contributed by atoms with van der Waals surface area (Å²) in [6.45, 7) is 12.9. The molecule has 0 fully saturated rings. The molecule has 0 saturated heterocycles. The molecule has 3 aromatic heterocycles. The number of hydrogen-bond acceptors (Lipinski definition) is 1. The first-order chi connectivity index (χ1) is 25.7. The minimum atomic E-state index is 0.626. The first-order valence-electron chi connectivity index (χ1n) is 18.3. The average Bonchev–Trinajstić information content (AvgIpc) is 3.75. The number of hydrogen-bond donors (Lipinski definition) is 0. The third-order valence-corrected chi connectivity index (χ3v) is 11.2. The Bertz CT molecular complexity index is 2920. The van der Waals surface area contributed by atoms with Crippen molar-refractivity contribution in [1.29, 1.82) is 5.26 Å². The number of benzene rings is 7. The van der Waals surface area contributed by atoms with Crippen LogP contribution in [-0.2, 0) is 0 Å². The first-order valence-corrected chi connectivity index (χ1v) is 18.3. The van der Waals surface area contributed by atoms with E-state index in [-0.39, 0.29) is 0 Å². The molecular formula is C49H38N4. The van der Waals surface area contributed by atoms with Crippen molar-refractivity contribution in [3.05, 3.63) is 160 Å². The Balaban J connectivity index is 1.43. The fraction of sp³-hybridized carbons (Fsp3) is 0.122. The lowest BCUT2D eigenvalue weighted by molar-refractivity contribution is 1.08. The van der Waals surface area contributed by atoms with Crippen LogP contribution in [0.2, 0.25) is 0 Å². The fourth-order valence-corrected chi connectivity index (χ4v) is 8.74. The molecule has 0 amide bonds. The van der Waals surface area contributed by atoms with Crippen LogP contribution in [0.15, 0.2) is 121 Å². The Kier molecular flexibility index (Phi) is 6.60. The van der Waals surface area contributed by atoms with Crippen molar-refractivity contribution >= 4 is 65.4 Å². The average molecular weight is 683 g/mol. The highest BCUT2D eigenvalue weighted by atomic mass is 15.0. The molecule has 0 saturated carbocycles. The summed E-state index contributed by atoms with van der Waals surface area (Å²) in [7, 11) is 0. The molecule has 10 aromatic rings. The predicted octanol–water partition coefficient (Wildman–Crippen LogP) is 12.7. The van der Waals surface area contributed by atoms with Gasteiger partial charge in [-0.25, -0.2) is 0 Å². The minimum absolute atomic E-state index is 0.626. The maximum atomic E-state index is 11.4. The monoisotopic (exact) mass is 682 g/mol. The molecule has 0 aliphatic carbocycles. The summed E-state index contributed by atoms with van der Waals surface area (Å²) < 4.78 is 7.03.